The van der Waals surface area contributed by atoms with Crippen molar-refractivity contribution >= 4 is 23.0 Å². The van der Waals surface area contributed by atoms with Crippen LogP contribution in [-0.4, -0.2) is 15.5 Å². The van der Waals surface area contributed by atoms with Crippen LogP contribution in [0.15, 0.2) is 46.9 Å². The number of hydrogen-bond donors (Lipinski definition) is 0. The lowest BCUT2D eigenvalue weighted by Gasteiger charge is -2.00. The summed E-state index contributed by atoms with van der Waals surface area (Å²) in [5.41, 5.74) is 1.64. The molecule has 0 saturated carbocycles. The molecular weight excluding hydrogens is 252 g/mol. The van der Waals surface area contributed by atoms with Gasteiger partial charge >= 0.3 is 0 Å². The van der Waals surface area contributed by atoms with Crippen molar-refractivity contribution in [2.24, 2.45) is 0 Å². The molecule has 0 spiro atoms. The molecule has 0 aliphatic carbocycles. The Morgan fingerprint density at radius 1 is 1.20 bits per heavy atom. The molecule has 0 N–H and O–H groups in total. The molecular formula is C16H14N2O2. The number of carbonyl (C=O) groups excluding carboxylic acids is 1. The van der Waals surface area contributed by atoms with Gasteiger partial charge in [0.25, 0.3) is 5.91 Å². The van der Waals surface area contributed by atoms with Gasteiger partial charge in [-0.1, -0.05) is 12.1 Å². The van der Waals surface area contributed by atoms with Crippen molar-refractivity contribution in [2.45, 2.75) is 13.8 Å². The van der Waals surface area contributed by atoms with Gasteiger partial charge in [-0.25, -0.2) is 4.98 Å². The first kappa shape index (κ1) is 12.4. The van der Waals surface area contributed by atoms with E-state index in [-0.39, 0.29) is 5.91 Å². The van der Waals surface area contributed by atoms with Crippen LogP contribution in [0.2, 0.25) is 0 Å². The van der Waals surface area contributed by atoms with Crippen LogP contribution < -0.4 is 0 Å². The number of para-hydroxylation sites is 2. The fraction of sp³-hybridized carbons (Fsp3) is 0.125. The molecule has 0 bridgehead atoms. The van der Waals surface area contributed by atoms with Crippen molar-refractivity contribution in [3.05, 3.63) is 59.8 Å². The Morgan fingerprint density at radius 3 is 2.75 bits per heavy atom. The number of fused-ring (bicyclic) bond motifs is 1. The van der Waals surface area contributed by atoms with E-state index >= 15 is 0 Å². The van der Waals surface area contributed by atoms with Gasteiger partial charge in [-0.3, -0.25) is 9.36 Å². The van der Waals surface area contributed by atoms with E-state index in [0.717, 1.165) is 16.8 Å². The highest BCUT2D eigenvalue weighted by Crippen LogP contribution is 2.16. The molecule has 3 aromatic rings. The molecule has 0 unspecified atom stereocenters. The first-order valence-corrected chi connectivity index (χ1v) is 6.38. The van der Waals surface area contributed by atoms with E-state index in [9.17, 15) is 4.79 Å². The van der Waals surface area contributed by atoms with Gasteiger partial charge in [0, 0.05) is 6.08 Å². The summed E-state index contributed by atoms with van der Waals surface area (Å²) in [6.45, 7) is 3.69. The molecule has 4 heteroatoms. The third-order valence-electron chi connectivity index (χ3n) is 3.10. The SMILES string of the molecule is Cc1ccc(C=CC(=O)n2c(C)nc3ccccc32)o1. The Morgan fingerprint density at radius 2 is 2.00 bits per heavy atom. The van der Waals surface area contributed by atoms with Crippen molar-refractivity contribution in [3.63, 3.8) is 0 Å². The quantitative estimate of drug-likeness (QED) is 0.666. The zero-order chi connectivity index (χ0) is 14.1. The van der Waals surface area contributed by atoms with E-state index in [2.05, 4.69) is 4.98 Å². The summed E-state index contributed by atoms with van der Waals surface area (Å²) >= 11 is 0. The molecule has 100 valence electrons. The normalized spacial score (nSPS) is 11.5. The molecule has 0 aliphatic rings. The molecule has 0 radical (unpaired) electrons. The summed E-state index contributed by atoms with van der Waals surface area (Å²) in [5, 5.41) is 0. The summed E-state index contributed by atoms with van der Waals surface area (Å²) in [4.78, 5) is 16.7. The van der Waals surface area contributed by atoms with Gasteiger partial charge in [-0.05, 0) is 44.2 Å². The molecule has 0 fully saturated rings. The molecule has 0 saturated heterocycles. The Hall–Kier alpha value is -2.62. The van der Waals surface area contributed by atoms with Gasteiger partial charge in [-0.2, -0.15) is 0 Å². The highest BCUT2D eigenvalue weighted by molar-refractivity contribution is 5.99. The average molecular weight is 266 g/mol. The van der Waals surface area contributed by atoms with Gasteiger partial charge in [0.15, 0.2) is 0 Å². The van der Waals surface area contributed by atoms with Gasteiger partial charge in [0.2, 0.25) is 0 Å². The second kappa shape index (κ2) is 4.81. The fourth-order valence-corrected chi connectivity index (χ4v) is 2.20. The van der Waals surface area contributed by atoms with Crippen LogP contribution >= 0.6 is 0 Å². The standard InChI is InChI=1S/C16H14N2O2/c1-11-7-8-13(20-11)9-10-16(19)18-12(2)17-14-5-3-4-6-15(14)18/h3-10H,1-2H3. The maximum Gasteiger partial charge on any atom is 0.256 e. The molecule has 2 aromatic heterocycles. The maximum absolute atomic E-state index is 12.3. The van der Waals surface area contributed by atoms with E-state index in [1.54, 1.807) is 10.6 Å². The van der Waals surface area contributed by atoms with E-state index in [1.165, 1.54) is 6.08 Å². The molecule has 1 aromatic carbocycles. The highest BCUT2D eigenvalue weighted by Gasteiger charge is 2.11. The zero-order valence-corrected chi connectivity index (χ0v) is 11.3. The van der Waals surface area contributed by atoms with Crippen LogP contribution in [0.4, 0.5) is 0 Å². The Labute approximate surface area is 116 Å². The Kier molecular flexibility index (Phi) is 2.99. The minimum atomic E-state index is -0.134. The summed E-state index contributed by atoms with van der Waals surface area (Å²) in [5.74, 6) is 2.03. The van der Waals surface area contributed by atoms with Gasteiger partial charge in [-0.15, -0.1) is 0 Å². The summed E-state index contributed by atoms with van der Waals surface area (Å²) in [7, 11) is 0. The summed E-state index contributed by atoms with van der Waals surface area (Å²) in [6, 6.07) is 11.3. The minimum Gasteiger partial charge on any atom is -0.462 e. The molecule has 0 amide bonds. The zero-order valence-electron chi connectivity index (χ0n) is 11.3. The second-order valence-corrected chi connectivity index (χ2v) is 4.60. The molecule has 2 heterocycles. The van der Waals surface area contributed by atoms with E-state index < -0.39 is 0 Å². The van der Waals surface area contributed by atoms with Crippen LogP contribution in [-0.2, 0) is 0 Å². The Bertz CT molecular complexity index is 809. The van der Waals surface area contributed by atoms with Crippen LogP contribution in [0.5, 0.6) is 0 Å². The average Bonchev–Trinajstić information content (AvgIpc) is 2.98. The van der Waals surface area contributed by atoms with Crippen LogP contribution in [0.1, 0.15) is 22.1 Å². The van der Waals surface area contributed by atoms with E-state index in [4.69, 9.17) is 4.42 Å². The molecule has 20 heavy (non-hydrogen) atoms. The van der Waals surface area contributed by atoms with E-state index in [1.807, 2.05) is 50.2 Å². The van der Waals surface area contributed by atoms with Crippen molar-refractivity contribution in [3.8, 4) is 0 Å². The molecule has 0 aliphatic heterocycles. The lowest BCUT2D eigenvalue weighted by Crippen LogP contribution is -2.08. The summed E-state index contributed by atoms with van der Waals surface area (Å²) < 4.78 is 7.00. The monoisotopic (exact) mass is 266 g/mol. The number of rotatable bonds is 2. The van der Waals surface area contributed by atoms with Crippen LogP contribution in [0.25, 0.3) is 17.1 Å². The predicted molar refractivity (Wildman–Crippen MR) is 77.6 cm³/mol. The van der Waals surface area contributed by atoms with Gasteiger partial charge < -0.3 is 4.42 Å². The Balaban J connectivity index is 1.96. The van der Waals surface area contributed by atoms with Crippen molar-refractivity contribution < 1.29 is 9.21 Å². The molecule has 0 atom stereocenters. The van der Waals surface area contributed by atoms with Crippen molar-refractivity contribution in [1.29, 1.82) is 0 Å². The highest BCUT2D eigenvalue weighted by atomic mass is 16.3. The second-order valence-electron chi connectivity index (χ2n) is 4.60. The summed E-state index contributed by atoms with van der Waals surface area (Å²) in [6.07, 6.45) is 3.17. The molecule has 3 rings (SSSR count). The first-order valence-electron chi connectivity index (χ1n) is 6.38. The minimum absolute atomic E-state index is 0.134. The lowest BCUT2D eigenvalue weighted by molar-refractivity contribution is 0.0972. The van der Waals surface area contributed by atoms with Crippen molar-refractivity contribution in [2.75, 3.05) is 0 Å². The topological polar surface area (TPSA) is 48.0 Å². The third-order valence-corrected chi connectivity index (χ3v) is 3.10. The maximum atomic E-state index is 12.3. The molecule has 4 nitrogen and oxygen atoms in total. The number of imidazole rings is 1. The smallest absolute Gasteiger partial charge is 0.256 e. The van der Waals surface area contributed by atoms with Gasteiger partial charge in [0.05, 0.1) is 11.0 Å². The number of aryl methyl sites for hydroxylation is 2. The van der Waals surface area contributed by atoms with Crippen LogP contribution in [0, 0.1) is 13.8 Å². The van der Waals surface area contributed by atoms with Crippen molar-refractivity contribution in [1.82, 2.24) is 9.55 Å². The number of allylic oxidation sites excluding steroid dienone is 1. The number of aromatic nitrogens is 2. The predicted octanol–water partition coefficient (Wildman–Crippen LogP) is 3.60. The number of nitrogens with zero attached hydrogens (tertiary/aromatic N) is 2. The van der Waals surface area contributed by atoms with Gasteiger partial charge in [0.1, 0.15) is 17.3 Å². The van der Waals surface area contributed by atoms with E-state index in [0.29, 0.717) is 11.6 Å². The fourth-order valence-electron chi connectivity index (χ4n) is 2.20. The number of furan rings is 1. The first-order chi connectivity index (χ1) is 9.65. The van der Waals surface area contributed by atoms with Crippen LogP contribution in [0.3, 0.4) is 0 Å². The number of carbonyl (C=O) groups is 1. The lowest BCUT2D eigenvalue weighted by atomic mass is 10.3. The largest absolute Gasteiger partial charge is 0.462 e. The number of hydrogen-bond acceptors (Lipinski definition) is 3. The number of benzene rings is 1. The third kappa shape index (κ3) is 2.16.